The molecule has 0 aliphatic heterocycles. The molecule has 2 aromatic carbocycles. The van der Waals surface area contributed by atoms with E-state index in [1.807, 2.05) is 24.3 Å². The zero-order valence-electron chi connectivity index (χ0n) is 9.67. The van der Waals surface area contributed by atoms with Gasteiger partial charge in [-0.3, -0.25) is 4.79 Å². The Bertz CT molecular complexity index is 721. The maximum absolute atomic E-state index is 13.3. The van der Waals surface area contributed by atoms with Crippen molar-refractivity contribution in [2.75, 3.05) is 0 Å². The van der Waals surface area contributed by atoms with Crippen molar-refractivity contribution >= 4 is 39.6 Å². The molecule has 0 amide bonds. The molecule has 5 heteroatoms. The SMILES string of the molecule is O=Cc1cc(F)cc(Sc2nc3ccccc3s2)c1. The van der Waals surface area contributed by atoms with E-state index in [0.29, 0.717) is 16.7 Å². The first kappa shape index (κ1) is 12.3. The van der Waals surface area contributed by atoms with E-state index in [1.54, 1.807) is 17.4 Å². The lowest BCUT2D eigenvalue weighted by atomic mass is 10.2. The van der Waals surface area contributed by atoms with Gasteiger partial charge in [0.1, 0.15) is 12.1 Å². The normalized spacial score (nSPS) is 10.8. The quantitative estimate of drug-likeness (QED) is 0.669. The molecule has 2 nitrogen and oxygen atoms in total. The summed E-state index contributed by atoms with van der Waals surface area (Å²) in [4.78, 5) is 15.9. The highest BCUT2D eigenvalue weighted by Crippen LogP contribution is 2.34. The zero-order valence-corrected chi connectivity index (χ0v) is 11.3. The van der Waals surface area contributed by atoms with Gasteiger partial charge in [0.15, 0.2) is 4.34 Å². The smallest absolute Gasteiger partial charge is 0.155 e. The van der Waals surface area contributed by atoms with Crippen LogP contribution in [0.2, 0.25) is 0 Å². The van der Waals surface area contributed by atoms with Crippen LogP contribution in [0, 0.1) is 5.82 Å². The van der Waals surface area contributed by atoms with Crippen LogP contribution >= 0.6 is 23.1 Å². The minimum Gasteiger partial charge on any atom is -0.298 e. The van der Waals surface area contributed by atoms with Crippen LogP contribution in [-0.2, 0) is 0 Å². The number of para-hydroxylation sites is 1. The van der Waals surface area contributed by atoms with Crippen LogP contribution in [0.15, 0.2) is 51.7 Å². The van der Waals surface area contributed by atoms with E-state index in [9.17, 15) is 9.18 Å². The van der Waals surface area contributed by atoms with Gasteiger partial charge in [-0.25, -0.2) is 9.37 Å². The van der Waals surface area contributed by atoms with Crippen molar-refractivity contribution in [3.05, 3.63) is 53.8 Å². The summed E-state index contributed by atoms with van der Waals surface area (Å²) in [5.41, 5.74) is 1.27. The third-order valence-corrected chi connectivity index (χ3v) is 4.58. The largest absolute Gasteiger partial charge is 0.298 e. The first-order valence-corrected chi connectivity index (χ1v) is 7.17. The van der Waals surface area contributed by atoms with Gasteiger partial charge >= 0.3 is 0 Å². The fourth-order valence-corrected chi connectivity index (χ4v) is 3.84. The lowest BCUT2D eigenvalue weighted by molar-refractivity contribution is 0.112. The van der Waals surface area contributed by atoms with Gasteiger partial charge in [-0.2, -0.15) is 0 Å². The summed E-state index contributed by atoms with van der Waals surface area (Å²) < 4.78 is 15.3. The second-order valence-electron chi connectivity index (χ2n) is 3.89. The Morgan fingerprint density at radius 1 is 1.21 bits per heavy atom. The number of nitrogens with zero attached hydrogens (tertiary/aromatic N) is 1. The van der Waals surface area contributed by atoms with E-state index in [1.165, 1.54) is 23.9 Å². The molecule has 0 bridgehead atoms. The maximum atomic E-state index is 13.3. The Labute approximate surface area is 117 Å². The van der Waals surface area contributed by atoms with Crippen molar-refractivity contribution in [3.8, 4) is 0 Å². The van der Waals surface area contributed by atoms with Crippen molar-refractivity contribution in [1.29, 1.82) is 0 Å². The monoisotopic (exact) mass is 289 g/mol. The molecule has 0 aliphatic rings. The molecule has 0 radical (unpaired) electrons. The van der Waals surface area contributed by atoms with Crippen molar-refractivity contribution in [2.45, 2.75) is 9.24 Å². The Balaban J connectivity index is 1.96. The van der Waals surface area contributed by atoms with E-state index in [-0.39, 0.29) is 0 Å². The number of thiazole rings is 1. The van der Waals surface area contributed by atoms with Gasteiger partial charge < -0.3 is 0 Å². The molecular weight excluding hydrogens is 281 g/mol. The minimum atomic E-state index is -0.409. The molecule has 0 saturated carbocycles. The van der Waals surface area contributed by atoms with E-state index in [0.717, 1.165) is 14.6 Å². The second-order valence-corrected chi connectivity index (χ2v) is 6.24. The lowest BCUT2D eigenvalue weighted by Crippen LogP contribution is -1.84. The number of halogens is 1. The maximum Gasteiger partial charge on any atom is 0.155 e. The number of aldehydes is 1. The van der Waals surface area contributed by atoms with Gasteiger partial charge in [0.2, 0.25) is 0 Å². The number of rotatable bonds is 3. The Hall–Kier alpha value is -1.72. The summed E-state index contributed by atoms with van der Waals surface area (Å²) in [5, 5.41) is 0. The van der Waals surface area contributed by atoms with E-state index in [2.05, 4.69) is 4.98 Å². The molecule has 0 unspecified atom stereocenters. The standard InChI is InChI=1S/C14H8FNOS2/c15-10-5-9(8-17)6-11(7-10)18-14-16-12-3-1-2-4-13(12)19-14/h1-8H. The van der Waals surface area contributed by atoms with Gasteiger partial charge in [-0.05, 0) is 30.3 Å². The van der Waals surface area contributed by atoms with E-state index < -0.39 is 5.82 Å². The van der Waals surface area contributed by atoms with Gasteiger partial charge in [0, 0.05) is 10.5 Å². The highest BCUT2D eigenvalue weighted by molar-refractivity contribution is 8.01. The van der Waals surface area contributed by atoms with Gasteiger partial charge in [-0.15, -0.1) is 11.3 Å². The third kappa shape index (κ3) is 2.67. The summed E-state index contributed by atoms with van der Waals surface area (Å²) in [6.45, 7) is 0. The molecule has 94 valence electrons. The highest BCUT2D eigenvalue weighted by atomic mass is 32.2. The summed E-state index contributed by atoms with van der Waals surface area (Å²) in [6, 6.07) is 12.1. The number of aromatic nitrogens is 1. The third-order valence-electron chi connectivity index (χ3n) is 2.51. The Morgan fingerprint density at radius 3 is 2.84 bits per heavy atom. The van der Waals surface area contributed by atoms with Gasteiger partial charge in [-0.1, -0.05) is 23.9 Å². The van der Waals surface area contributed by atoms with Crippen LogP contribution in [0.4, 0.5) is 4.39 Å². The molecule has 1 heterocycles. The fraction of sp³-hybridized carbons (Fsp3) is 0. The van der Waals surface area contributed by atoms with Crippen LogP contribution < -0.4 is 0 Å². The number of benzene rings is 2. The summed E-state index contributed by atoms with van der Waals surface area (Å²) in [6.07, 6.45) is 0.644. The van der Waals surface area contributed by atoms with Crippen LogP contribution in [0.25, 0.3) is 10.2 Å². The Morgan fingerprint density at radius 2 is 2.05 bits per heavy atom. The second kappa shape index (κ2) is 5.11. The van der Waals surface area contributed by atoms with Crippen molar-refractivity contribution in [2.24, 2.45) is 0 Å². The molecule has 3 aromatic rings. The molecule has 0 N–H and O–H groups in total. The first-order valence-electron chi connectivity index (χ1n) is 5.54. The van der Waals surface area contributed by atoms with Crippen LogP contribution in [-0.4, -0.2) is 11.3 Å². The van der Waals surface area contributed by atoms with Gasteiger partial charge in [0.05, 0.1) is 10.2 Å². The molecule has 1 aromatic heterocycles. The minimum absolute atomic E-state index is 0.337. The predicted octanol–water partition coefficient (Wildman–Crippen LogP) is 4.40. The number of hydrogen-bond donors (Lipinski definition) is 0. The average molecular weight is 289 g/mol. The molecule has 19 heavy (non-hydrogen) atoms. The summed E-state index contributed by atoms with van der Waals surface area (Å²) in [5.74, 6) is -0.409. The summed E-state index contributed by atoms with van der Waals surface area (Å²) in [7, 11) is 0. The van der Waals surface area contributed by atoms with Crippen LogP contribution in [0.5, 0.6) is 0 Å². The number of fused-ring (bicyclic) bond motifs is 1. The molecule has 0 spiro atoms. The van der Waals surface area contributed by atoms with Crippen molar-refractivity contribution in [1.82, 2.24) is 4.98 Å². The van der Waals surface area contributed by atoms with Gasteiger partial charge in [0.25, 0.3) is 0 Å². The molecule has 0 aliphatic carbocycles. The van der Waals surface area contributed by atoms with E-state index in [4.69, 9.17) is 0 Å². The number of carbonyl (C=O) groups excluding carboxylic acids is 1. The Kier molecular flexibility index (Phi) is 3.31. The van der Waals surface area contributed by atoms with Crippen molar-refractivity contribution in [3.63, 3.8) is 0 Å². The molecule has 0 fully saturated rings. The first-order chi connectivity index (χ1) is 9.24. The highest BCUT2D eigenvalue weighted by Gasteiger charge is 2.07. The van der Waals surface area contributed by atoms with Crippen LogP contribution in [0.1, 0.15) is 10.4 Å². The fourth-order valence-electron chi connectivity index (χ4n) is 1.71. The molecule has 3 rings (SSSR count). The number of carbonyl (C=O) groups is 1. The summed E-state index contributed by atoms with van der Waals surface area (Å²) >= 11 is 2.92. The lowest BCUT2D eigenvalue weighted by Gasteiger charge is -1.99. The zero-order chi connectivity index (χ0) is 13.2. The predicted molar refractivity (Wildman–Crippen MR) is 75.5 cm³/mol. The topological polar surface area (TPSA) is 30.0 Å². The number of hydrogen-bond acceptors (Lipinski definition) is 4. The molecule has 0 atom stereocenters. The molecule has 0 saturated heterocycles. The average Bonchev–Trinajstić information content (AvgIpc) is 2.80. The van der Waals surface area contributed by atoms with E-state index >= 15 is 0 Å². The van der Waals surface area contributed by atoms with Crippen LogP contribution in [0.3, 0.4) is 0 Å². The molecular formula is C14H8FNOS2. The van der Waals surface area contributed by atoms with Crippen molar-refractivity contribution < 1.29 is 9.18 Å².